The molecule has 21 heavy (non-hydrogen) atoms. The Morgan fingerprint density at radius 1 is 1.33 bits per heavy atom. The van der Waals surface area contributed by atoms with Gasteiger partial charge >= 0.3 is 0 Å². The van der Waals surface area contributed by atoms with Gasteiger partial charge in [-0.1, -0.05) is 0 Å². The summed E-state index contributed by atoms with van der Waals surface area (Å²) in [4.78, 5) is 25.8. The number of aryl methyl sites for hydroxylation is 1. The zero-order chi connectivity index (χ0) is 14.8. The molecule has 0 aliphatic carbocycles. The summed E-state index contributed by atoms with van der Waals surface area (Å²) in [5.41, 5.74) is 6.93. The van der Waals surface area contributed by atoms with Crippen LogP contribution in [0, 0.1) is 0 Å². The molecule has 3 N–H and O–H groups in total. The van der Waals surface area contributed by atoms with E-state index in [1.54, 1.807) is 18.6 Å². The lowest BCUT2D eigenvalue weighted by Gasteiger charge is -2.04. The lowest BCUT2D eigenvalue weighted by molar-refractivity contribution is 0.0959. The van der Waals surface area contributed by atoms with Gasteiger partial charge in [0.2, 0.25) is 0 Å². The van der Waals surface area contributed by atoms with Gasteiger partial charge in [-0.3, -0.25) is 4.79 Å². The van der Waals surface area contributed by atoms with Crippen molar-refractivity contribution in [3.8, 4) is 0 Å². The second-order valence-electron chi connectivity index (χ2n) is 4.52. The molecule has 0 aromatic carbocycles. The third-order valence-electron chi connectivity index (χ3n) is 3.12. The molecule has 0 saturated carbocycles. The molecule has 3 aromatic rings. The van der Waals surface area contributed by atoms with Gasteiger partial charge in [-0.2, -0.15) is 0 Å². The van der Waals surface area contributed by atoms with Crippen LogP contribution in [0.15, 0.2) is 24.8 Å². The summed E-state index contributed by atoms with van der Waals surface area (Å²) in [6, 6.07) is 0. The number of nitrogens with two attached hydrogens (primary N) is 1. The van der Waals surface area contributed by atoms with Crippen LogP contribution in [-0.2, 0) is 13.5 Å². The third kappa shape index (κ3) is 2.57. The second kappa shape index (κ2) is 5.49. The number of amides is 1. The number of imidazole rings is 1. The Labute approximate surface area is 124 Å². The number of nitrogens with one attached hydrogen (secondary N) is 1. The first-order valence-corrected chi connectivity index (χ1v) is 7.22. The van der Waals surface area contributed by atoms with Crippen LogP contribution in [0.4, 0.5) is 5.69 Å². The van der Waals surface area contributed by atoms with Crippen molar-refractivity contribution in [2.75, 3.05) is 12.3 Å². The number of nitrogen functional groups attached to an aromatic ring is 1. The molecule has 8 heteroatoms. The van der Waals surface area contributed by atoms with E-state index in [1.807, 2.05) is 17.8 Å². The van der Waals surface area contributed by atoms with Crippen LogP contribution < -0.4 is 11.1 Å². The van der Waals surface area contributed by atoms with Gasteiger partial charge in [0.05, 0.1) is 5.69 Å². The number of hydrogen-bond donors (Lipinski definition) is 2. The molecule has 0 aliphatic rings. The van der Waals surface area contributed by atoms with E-state index in [-0.39, 0.29) is 5.91 Å². The van der Waals surface area contributed by atoms with Crippen LogP contribution in [0.1, 0.15) is 15.5 Å². The highest BCUT2D eigenvalue weighted by molar-refractivity contribution is 7.21. The molecule has 0 spiro atoms. The minimum Gasteiger partial charge on any atom is -0.396 e. The van der Waals surface area contributed by atoms with Gasteiger partial charge in [-0.25, -0.2) is 15.0 Å². The van der Waals surface area contributed by atoms with Gasteiger partial charge in [0.25, 0.3) is 5.91 Å². The average molecular weight is 302 g/mol. The third-order valence-corrected chi connectivity index (χ3v) is 4.23. The molecular weight excluding hydrogens is 288 g/mol. The van der Waals surface area contributed by atoms with Gasteiger partial charge in [-0.05, 0) is 0 Å². The fourth-order valence-corrected chi connectivity index (χ4v) is 2.96. The first kappa shape index (κ1) is 13.5. The quantitative estimate of drug-likeness (QED) is 0.748. The maximum atomic E-state index is 12.2. The SMILES string of the molecule is Cn1ccnc1CCNC(=O)c1sc2nccnc2c1N. The summed E-state index contributed by atoms with van der Waals surface area (Å²) >= 11 is 1.25. The van der Waals surface area contributed by atoms with Crippen molar-refractivity contribution < 1.29 is 4.79 Å². The van der Waals surface area contributed by atoms with E-state index in [4.69, 9.17) is 5.73 Å². The van der Waals surface area contributed by atoms with Gasteiger partial charge in [-0.15, -0.1) is 11.3 Å². The smallest absolute Gasteiger partial charge is 0.263 e. The fraction of sp³-hybridized carbons (Fsp3) is 0.231. The van der Waals surface area contributed by atoms with Crippen LogP contribution in [0.25, 0.3) is 10.3 Å². The molecular formula is C13H14N6OS. The molecule has 7 nitrogen and oxygen atoms in total. The Kier molecular flexibility index (Phi) is 3.53. The van der Waals surface area contributed by atoms with Crippen LogP contribution >= 0.6 is 11.3 Å². The molecule has 0 unspecified atom stereocenters. The maximum Gasteiger partial charge on any atom is 0.263 e. The number of fused-ring (bicyclic) bond motifs is 1. The molecule has 3 rings (SSSR count). The molecule has 0 radical (unpaired) electrons. The van der Waals surface area contributed by atoms with Gasteiger partial charge < -0.3 is 15.6 Å². The van der Waals surface area contributed by atoms with Crippen molar-refractivity contribution in [3.05, 3.63) is 35.5 Å². The van der Waals surface area contributed by atoms with Crippen molar-refractivity contribution >= 4 is 33.3 Å². The number of nitrogens with zero attached hydrogens (tertiary/aromatic N) is 4. The van der Waals surface area contributed by atoms with Crippen molar-refractivity contribution in [2.45, 2.75) is 6.42 Å². The Bertz CT molecular complexity index is 793. The summed E-state index contributed by atoms with van der Waals surface area (Å²) < 4.78 is 1.92. The summed E-state index contributed by atoms with van der Waals surface area (Å²) in [7, 11) is 1.92. The van der Waals surface area contributed by atoms with E-state index >= 15 is 0 Å². The summed E-state index contributed by atoms with van der Waals surface area (Å²) in [5, 5.41) is 2.85. The maximum absolute atomic E-state index is 12.2. The molecule has 0 atom stereocenters. The van der Waals surface area contributed by atoms with Crippen molar-refractivity contribution in [2.24, 2.45) is 7.05 Å². The minimum atomic E-state index is -0.202. The number of aromatic nitrogens is 4. The standard InChI is InChI=1S/C13H14N6OS/c1-19-7-6-15-8(19)2-3-17-12(20)11-9(14)10-13(21-11)18-5-4-16-10/h4-7H,2-3,14H2,1H3,(H,17,20). The minimum absolute atomic E-state index is 0.202. The average Bonchev–Trinajstić information content (AvgIpc) is 3.04. The van der Waals surface area contributed by atoms with Crippen LogP contribution in [0.5, 0.6) is 0 Å². The number of hydrogen-bond acceptors (Lipinski definition) is 6. The number of carbonyl (C=O) groups excluding carboxylic acids is 1. The van der Waals surface area contributed by atoms with Crippen LogP contribution in [0.2, 0.25) is 0 Å². The summed E-state index contributed by atoms with van der Waals surface area (Å²) in [5.74, 6) is 0.717. The summed E-state index contributed by atoms with van der Waals surface area (Å²) in [6.45, 7) is 0.498. The molecule has 1 amide bonds. The van der Waals surface area contributed by atoms with E-state index in [1.165, 1.54) is 11.3 Å². The Hall–Kier alpha value is -2.48. The highest BCUT2D eigenvalue weighted by Crippen LogP contribution is 2.30. The number of anilines is 1. The molecule has 3 aromatic heterocycles. The molecule has 3 heterocycles. The normalized spacial score (nSPS) is 10.9. The molecule has 0 aliphatic heterocycles. The van der Waals surface area contributed by atoms with Gasteiger partial charge in [0.15, 0.2) is 0 Å². The predicted molar refractivity (Wildman–Crippen MR) is 81.1 cm³/mol. The highest BCUT2D eigenvalue weighted by atomic mass is 32.1. The first-order chi connectivity index (χ1) is 10.2. The zero-order valence-corrected chi connectivity index (χ0v) is 12.2. The van der Waals surface area contributed by atoms with Crippen molar-refractivity contribution in [1.29, 1.82) is 0 Å². The number of thiophene rings is 1. The van der Waals surface area contributed by atoms with Crippen molar-refractivity contribution in [3.63, 3.8) is 0 Å². The van der Waals surface area contributed by atoms with E-state index in [0.717, 1.165) is 5.82 Å². The first-order valence-electron chi connectivity index (χ1n) is 6.40. The fourth-order valence-electron chi connectivity index (χ4n) is 2.02. The Balaban J connectivity index is 1.70. The van der Waals surface area contributed by atoms with Crippen molar-refractivity contribution in [1.82, 2.24) is 24.8 Å². The van der Waals surface area contributed by atoms with E-state index in [9.17, 15) is 4.79 Å². The Morgan fingerprint density at radius 3 is 2.86 bits per heavy atom. The predicted octanol–water partition coefficient (Wildman–Crippen LogP) is 0.980. The molecule has 0 bridgehead atoms. The lowest BCUT2D eigenvalue weighted by Crippen LogP contribution is -2.26. The Morgan fingerprint density at radius 2 is 2.14 bits per heavy atom. The zero-order valence-electron chi connectivity index (χ0n) is 11.4. The van der Waals surface area contributed by atoms with Gasteiger partial charge in [0, 0.05) is 44.8 Å². The number of rotatable bonds is 4. The summed E-state index contributed by atoms with van der Waals surface area (Å²) in [6.07, 6.45) is 7.42. The van der Waals surface area contributed by atoms with E-state index < -0.39 is 0 Å². The van der Waals surface area contributed by atoms with Gasteiger partial charge in [0.1, 0.15) is 21.0 Å². The van der Waals surface area contributed by atoms with E-state index in [2.05, 4.69) is 20.3 Å². The molecule has 0 fully saturated rings. The monoisotopic (exact) mass is 302 g/mol. The van der Waals surface area contributed by atoms with Crippen LogP contribution in [0.3, 0.4) is 0 Å². The highest BCUT2D eigenvalue weighted by Gasteiger charge is 2.17. The number of carbonyl (C=O) groups is 1. The lowest BCUT2D eigenvalue weighted by atomic mass is 10.3. The largest absolute Gasteiger partial charge is 0.396 e. The second-order valence-corrected chi connectivity index (χ2v) is 5.51. The van der Waals surface area contributed by atoms with Crippen LogP contribution in [-0.4, -0.2) is 32.0 Å². The topological polar surface area (TPSA) is 98.7 Å². The van der Waals surface area contributed by atoms with E-state index in [0.29, 0.717) is 33.9 Å². The molecule has 108 valence electrons. The molecule has 0 saturated heterocycles.